The number of halogens is 1. The Morgan fingerprint density at radius 3 is 2.34 bits per heavy atom. The van der Waals surface area contributed by atoms with E-state index in [0.29, 0.717) is 49.1 Å². The highest BCUT2D eigenvalue weighted by Crippen LogP contribution is 2.41. The van der Waals surface area contributed by atoms with E-state index in [2.05, 4.69) is 27.8 Å². The first kappa shape index (κ1) is 19.7. The second-order valence-electron chi connectivity index (χ2n) is 8.76. The molecule has 0 radical (unpaired) electrons. The Hall–Kier alpha value is -2.98. The van der Waals surface area contributed by atoms with E-state index < -0.39 is 11.3 Å². The van der Waals surface area contributed by atoms with Crippen LogP contribution in [0.15, 0.2) is 24.3 Å². The molecule has 5 heterocycles. The van der Waals surface area contributed by atoms with Crippen molar-refractivity contribution in [3.05, 3.63) is 35.9 Å². The minimum atomic E-state index is -1.49. The Balaban J connectivity index is 1.54. The van der Waals surface area contributed by atoms with Gasteiger partial charge < -0.3 is 30.2 Å². The Kier molecular flexibility index (Phi) is 4.31. The lowest BCUT2D eigenvalue weighted by Crippen LogP contribution is -2.54. The SMILES string of the molecule is CCC1(c2nc(N3CCOCC3)c3nc(C4(F)CNC4)n(C)c3n2)Nc2ccccc2N1. The van der Waals surface area contributed by atoms with Crippen LogP contribution in [0.2, 0.25) is 0 Å². The Labute approximate surface area is 185 Å². The minimum absolute atomic E-state index is 0.259. The van der Waals surface area contributed by atoms with Crippen LogP contribution in [0.25, 0.3) is 11.2 Å². The summed E-state index contributed by atoms with van der Waals surface area (Å²) in [6, 6.07) is 8.09. The molecule has 3 aliphatic heterocycles. The summed E-state index contributed by atoms with van der Waals surface area (Å²) in [5, 5.41) is 10.2. The zero-order valence-corrected chi connectivity index (χ0v) is 18.3. The maximum Gasteiger partial charge on any atom is 0.192 e. The summed E-state index contributed by atoms with van der Waals surface area (Å²) in [6.07, 6.45) is 0.720. The van der Waals surface area contributed by atoms with Crippen molar-refractivity contribution in [2.24, 2.45) is 7.05 Å². The van der Waals surface area contributed by atoms with E-state index in [1.54, 1.807) is 4.57 Å². The normalized spacial score (nSPS) is 21.0. The first-order valence-electron chi connectivity index (χ1n) is 11.2. The van der Waals surface area contributed by atoms with E-state index in [9.17, 15) is 0 Å². The van der Waals surface area contributed by atoms with Crippen molar-refractivity contribution in [2.45, 2.75) is 24.7 Å². The van der Waals surface area contributed by atoms with Gasteiger partial charge in [0.2, 0.25) is 0 Å². The van der Waals surface area contributed by atoms with Gasteiger partial charge in [-0.2, -0.15) is 0 Å². The van der Waals surface area contributed by atoms with E-state index in [1.165, 1.54) is 0 Å². The van der Waals surface area contributed by atoms with Crippen LogP contribution in [0.4, 0.5) is 21.6 Å². The molecule has 3 aromatic rings. The monoisotopic (exact) mass is 438 g/mol. The van der Waals surface area contributed by atoms with Crippen molar-refractivity contribution in [2.75, 3.05) is 54.9 Å². The number of para-hydroxylation sites is 2. The fraction of sp³-hybridized carbons (Fsp3) is 0.500. The molecule has 0 aliphatic carbocycles. The molecule has 1 aromatic carbocycles. The van der Waals surface area contributed by atoms with Gasteiger partial charge in [0.05, 0.1) is 24.6 Å². The number of hydrogen-bond acceptors (Lipinski definition) is 8. The van der Waals surface area contributed by atoms with E-state index in [4.69, 9.17) is 19.7 Å². The number of hydrogen-bond donors (Lipinski definition) is 3. The van der Waals surface area contributed by atoms with Gasteiger partial charge in [-0.3, -0.25) is 0 Å². The summed E-state index contributed by atoms with van der Waals surface area (Å²) in [5.41, 5.74) is 1.16. The molecule has 0 spiro atoms. The van der Waals surface area contributed by atoms with E-state index in [-0.39, 0.29) is 13.1 Å². The van der Waals surface area contributed by atoms with Crippen LogP contribution >= 0.6 is 0 Å². The molecule has 2 aromatic heterocycles. The van der Waals surface area contributed by atoms with Crippen LogP contribution in [-0.4, -0.2) is 58.9 Å². The van der Waals surface area contributed by atoms with Crippen LogP contribution in [-0.2, 0) is 23.1 Å². The highest BCUT2D eigenvalue weighted by atomic mass is 19.1. The lowest BCUT2D eigenvalue weighted by Gasteiger charge is -2.33. The van der Waals surface area contributed by atoms with Gasteiger partial charge in [0.15, 0.2) is 40.0 Å². The van der Waals surface area contributed by atoms with E-state index in [0.717, 1.165) is 23.6 Å². The average molecular weight is 439 g/mol. The number of alkyl halides is 1. The number of benzene rings is 1. The second kappa shape index (κ2) is 7.01. The second-order valence-corrected chi connectivity index (χ2v) is 8.76. The van der Waals surface area contributed by atoms with Crippen LogP contribution in [0.3, 0.4) is 0 Å². The number of anilines is 3. The number of aromatic nitrogens is 4. The summed E-state index contributed by atoms with van der Waals surface area (Å²) in [5.74, 6) is 1.76. The van der Waals surface area contributed by atoms with Crippen LogP contribution < -0.4 is 20.9 Å². The first-order chi connectivity index (χ1) is 15.5. The molecule has 0 unspecified atom stereocenters. The van der Waals surface area contributed by atoms with Crippen molar-refractivity contribution in [1.82, 2.24) is 24.8 Å². The molecule has 9 nitrogen and oxygen atoms in total. The number of morpholine rings is 1. The summed E-state index contributed by atoms with van der Waals surface area (Å²) < 4.78 is 22.7. The Morgan fingerprint density at radius 2 is 1.75 bits per heavy atom. The molecule has 2 fully saturated rings. The highest BCUT2D eigenvalue weighted by molar-refractivity contribution is 5.85. The molecule has 2 saturated heterocycles. The quantitative estimate of drug-likeness (QED) is 0.570. The predicted octanol–water partition coefficient (Wildman–Crippen LogP) is 2.07. The van der Waals surface area contributed by atoms with Gasteiger partial charge in [-0.05, 0) is 18.6 Å². The number of ether oxygens (including phenoxy) is 1. The molecule has 10 heteroatoms. The molecule has 168 valence electrons. The number of imidazole rings is 1. The van der Waals surface area contributed by atoms with Crippen molar-refractivity contribution in [1.29, 1.82) is 0 Å². The third kappa shape index (κ3) is 2.79. The molecule has 3 N–H and O–H groups in total. The smallest absolute Gasteiger partial charge is 0.192 e. The molecular formula is C22H27FN8O. The largest absolute Gasteiger partial charge is 0.378 e. The lowest BCUT2D eigenvalue weighted by atomic mass is 9.99. The van der Waals surface area contributed by atoms with Crippen LogP contribution in [0.1, 0.15) is 25.0 Å². The molecular weight excluding hydrogens is 411 g/mol. The predicted molar refractivity (Wildman–Crippen MR) is 121 cm³/mol. The fourth-order valence-electron chi connectivity index (χ4n) is 4.78. The van der Waals surface area contributed by atoms with Crippen LogP contribution in [0.5, 0.6) is 0 Å². The summed E-state index contributed by atoms with van der Waals surface area (Å²) in [4.78, 5) is 16.9. The number of nitrogens with one attached hydrogen (secondary N) is 3. The third-order valence-electron chi connectivity index (χ3n) is 6.76. The summed E-state index contributed by atoms with van der Waals surface area (Å²) in [6.45, 7) is 5.28. The Morgan fingerprint density at radius 1 is 1.06 bits per heavy atom. The standard InChI is InChI=1S/C22H27FN8O/c1-3-22(28-14-6-4-5-7-15(14)29-22)19-26-17-16(18(27-19)31-8-10-32-11-9-31)25-20(30(17)2)21(23)12-24-13-21/h4-7,24,28-29H,3,8-13H2,1-2H3. The molecule has 0 bridgehead atoms. The minimum Gasteiger partial charge on any atom is -0.378 e. The average Bonchev–Trinajstić information content (AvgIpc) is 3.36. The molecule has 32 heavy (non-hydrogen) atoms. The van der Waals surface area contributed by atoms with Crippen molar-refractivity contribution in [3.8, 4) is 0 Å². The van der Waals surface area contributed by atoms with Crippen molar-refractivity contribution in [3.63, 3.8) is 0 Å². The molecule has 0 atom stereocenters. The van der Waals surface area contributed by atoms with Gasteiger partial charge in [-0.15, -0.1) is 0 Å². The summed E-state index contributed by atoms with van der Waals surface area (Å²) in [7, 11) is 1.84. The first-order valence-corrected chi connectivity index (χ1v) is 11.2. The molecule has 3 aliphatic rings. The van der Waals surface area contributed by atoms with Gasteiger partial charge in [-0.25, -0.2) is 19.3 Å². The van der Waals surface area contributed by atoms with Gasteiger partial charge in [0, 0.05) is 33.2 Å². The maximum absolute atomic E-state index is 15.4. The van der Waals surface area contributed by atoms with Gasteiger partial charge in [-0.1, -0.05) is 19.1 Å². The van der Waals surface area contributed by atoms with Gasteiger partial charge in [0.1, 0.15) is 0 Å². The van der Waals surface area contributed by atoms with Gasteiger partial charge in [0.25, 0.3) is 0 Å². The van der Waals surface area contributed by atoms with Crippen molar-refractivity contribution >= 4 is 28.4 Å². The van der Waals surface area contributed by atoms with Crippen LogP contribution in [0, 0.1) is 0 Å². The number of aryl methyl sites for hydroxylation is 1. The van der Waals surface area contributed by atoms with E-state index >= 15 is 4.39 Å². The zero-order valence-electron chi connectivity index (χ0n) is 18.3. The van der Waals surface area contributed by atoms with Crippen molar-refractivity contribution < 1.29 is 9.13 Å². The number of fused-ring (bicyclic) bond motifs is 2. The molecule has 0 saturated carbocycles. The number of nitrogens with zero attached hydrogens (tertiary/aromatic N) is 5. The summed E-state index contributed by atoms with van der Waals surface area (Å²) >= 11 is 0. The zero-order chi connectivity index (χ0) is 21.9. The lowest BCUT2D eigenvalue weighted by molar-refractivity contribution is 0.0759. The fourth-order valence-corrected chi connectivity index (χ4v) is 4.78. The highest BCUT2D eigenvalue weighted by Gasteiger charge is 2.45. The van der Waals surface area contributed by atoms with Gasteiger partial charge >= 0.3 is 0 Å². The molecule has 6 rings (SSSR count). The molecule has 0 amide bonds. The topological polar surface area (TPSA) is 92.2 Å². The Bertz CT molecular complexity index is 1160. The third-order valence-corrected chi connectivity index (χ3v) is 6.76. The van der Waals surface area contributed by atoms with E-state index in [1.807, 2.05) is 31.3 Å². The maximum atomic E-state index is 15.4. The number of rotatable bonds is 4.